The predicted molar refractivity (Wildman–Crippen MR) is 158 cm³/mol. The molecular weight excluding hydrogens is 536 g/mol. The minimum Gasteiger partial charge on any atom is -0.480 e. The zero-order valence-electron chi connectivity index (χ0n) is 25.1. The Balaban J connectivity index is 1.28. The van der Waals surface area contributed by atoms with E-state index in [0.717, 1.165) is 54.9 Å². The first-order valence-corrected chi connectivity index (χ1v) is 14.5. The first-order chi connectivity index (χ1) is 20.2. The summed E-state index contributed by atoms with van der Waals surface area (Å²) in [6.07, 6.45) is 5.72. The molecule has 2 fully saturated rings. The van der Waals surface area contributed by atoms with Crippen molar-refractivity contribution in [3.8, 4) is 34.0 Å². The van der Waals surface area contributed by atoms with Gasteiger partial charge >= 0.3 is 6.09 Å². The Bertz CT molecular complexity index is 1360. The van der Waals surface area contributed by atoms with E-state index >= 15 is 0 Å². The lowest BCUT2D eigenvalue weighted by Crippen LogP contribution is -2.48. The molecular formula is C31H40N6O5. The lowest BCUT2D eigenvalue weighted by molar-refractivity contribution is 0.00355. The van der Waals surface area contributed by atoms with E-state index in [4.69, 9.17) is 18.9 Å². The van der Waals surface area contributed by atoms with Crippen LogP contribution in [0.25, 0.3) is 22.4 Å². The van der Waals surface area contributed by atoms with E-state index in [1.54, 1.807) is 20.4 Å². The summed E-state index contributed by atoms with van der Waals surface area (Å²) in [6.45, 7) is 8.23. The number of hydrogen-bond acceptors (Lipinski definition) is 10. The van der Waals surface area contributed by atoms with Crippen LogP contribution in [-0.4, -0.2) is 83.7 Å². The van der Waals surface area contributed by atoms with Gasteiger partial charge in [0.05, 0.1) is 19.0 Å². The number of carbonyl (C=O) groups is 1. The Morgan fingerprint density at radius 3 is 2.52 bits per heavy atom. The van der Waals surface area contributed by atoms with Crippen LogP contribution in [0.3, 0.4) is 0 Å². The van der Waals surface area contributed by atoms with E-state index in [-0.39, 0.29) is 18.9 Å². The number of carbonyl (C=O) groups excluding carboxylic acids is 1. The van der Waals surface area contributed by atoms with Gasteiger partial charge < -0.3 is 28.7 Å². The summed E-state index contributed by atoms with van der Waals surface area (Å²) < 4.78 is 22.0. The maximum Gasteiger partial charge on any atom is 0.410 e. The van der Waals surface area contributed by atoms with Gasteiger partial charge in [-0.3, -0.25) is 0 Å². The van der Waals surface area contributed by atoms with Gasteiger partial charge in [-0.1, -0.05) is 6.07 Å². The molecule has 1 saturated heterocycles. The molecule has 11 nitrogen and oxygen atoms in total. The summed E-state index contributed by atoms with van der Waals surface area (Å²) >= 11 is 0. The monoisotopic (exact) mass is 576 g/mol. The van der Waals surface area contributed by atoms with Crippen LogP contribution in [0, 0.1) is 5.92 Å². The van der Waals surface area contributed by atoms with Gasteiger partial charge in [0.2, 0.25) is 5.88 Å². The molecule has 5 rings (SSSR count). The van der Waals surface area contributed by atoms with Crippen LogP contribution in [0.15, 0.2) is 42.6 Å². The zero-order valence-corrected chi connectivity index (χ0v) is 25.1. The standard InChI is InChI=1S/C31H40N6O5/c1-31(2,3)42-30(38)37(24-7-6-8-24)19-21-13-14-36(18-21)28-12-11-26(33-34-28)25-10-9-22(15-27(25)41-20-39-4)23-16-29(40-5)35-32-17-23/h9-12,15-17,21,24H,6-8,13-14,18-20H2,1-5H3. The minimum absolute atomic E-state index is 0.0935. The van der Waals surface area contributed by atoms with Crippen molar-refractivity contribution in [2.24, 2.45) is 5.92 Å². The summed E-state index contributed by atoms with van der Waals surface area (Å²) in [5.41, 5.74) is 2.74. The number of ether oxygens (including phenoxy) is 4. The van der Waals surface area contributed by atoms with E-state index in [1.807, 2.05) is 62.1 Å². The van der Waals surface area contributed by atoms with Crippen molar-refractivity contribution in [1.29, 1.82) is 0 Å². The number of methoxy groups -OCH3 is 2. The maximum atomic E-state index is 13.0. The van der Waals surface area contributed by atoms with Gasteiger partial charge in [-0.15, -0.1) is 15.3 Å². The van der Waals surface area contributed by atoms with Crippen LogP contribution in [0.5, 0.6) is 11.6 Å². The molecule has 1 unspecified atom stereocenters. The molecule has 42 heavy (non-hydrogen) atoms. The van der Waals surface area contributed by atoms with Crippen LogP contribution >= 0.6 is 0 Å². The zero-order chi connectivity index (χ0) is 29.7. The number of aromatic nitrogens is 4. The molecule has 0 bridgehead atoms. The molecule has 224 valence electrons. The van der Waals surface area contributed by atoms with Crippen LogP contribution < -0.4 is 14.4 Å². The third kappa shape index (κ3) is 7.07. The van der Waals surface area contributed by atoms with Crippen molar-refractivity contribution < 1.29 is 23.7 Å². The molecule has 3 heterocycles. The molecule has 1 atom stereocenters. The van der Waals surface area contributed by atoms with E-state index in [0.29, 0.717) is 29.8 Å². The fraction of sp³-hybridized carbons (Fsp3) is 0.516. The quantitative estimate of drug-likeness (QED) is 0.298. The second-order valence-corrected chi connectivity index (χ2v) is 11.8. The van der Waals surface area contributed by atoms with Crippen molar-refractivity contribution in [1.82, 2.24) is 25.3 Å². The molecule has 0 N–H and O–H groups in total. The van der Waals surface area contributed by atoms with Gasteiger partial charge in [-0.2, -0.15) is 5.10 Å². The van der Waals surface area contributed by atoms with Gasteiger partial charge in [0, 0.05) is 50.0 Å². The lowest BCUT2D eigenvalue weighted by atomic mass is 9.91. The first-order valence-electron chi connectivity index (χ1n) is 14.5. The molecule has 1 aliphatic heterocycles. The van der Waals surface area contributed by atoms with Gasteiger partial charge in [0.15, 0.2) is 12.6 Å². The average Bonchev–Trinajstić information content (AvgIpc) is 3.42. The molecule has 1 aliphatic carbocycles. The van der Waals surface area contributed by atoms with E-state index in [2.05, 4.69) is 25.3 Å². The molecule has 0 radical (unpaired) electrons. The van der Waals surface area contributed by atoms with Crippen LogP contribution in [0.4, 0.5) is 10.6 Å². The third-order valence-corrected chi connectivity index (χ3v) is 7.62. The highest BCUT2D eigenvalue weighted by atomic mass is 16.7. The van der Waals surface area contributed by atoms with E-state index in [1.165, 1.54) is 6.42 Å². The summed E-state index contributed by atoms with van der Waals surface area (Å²) in [5, 5.41) is 17.1. The second-order valence-electron chi connectivity index (χ2n) is 11.8. The SMILES string of the molecule is COCOc1cc(-c2cnnc(OC)c2)ccc1-c1ccc(N2CCC(CN(C(=O)OC(C)(C)C)C3CCC3)C2)nn1. The Kier molecular flexibility index (Phi) is 9.06. The van der Waals surface area contributed by atoms with E-state index < -0.39 is 5.60 Å². The molecule has 1 saturated carbocycles. The lowest BCUT2D eigenvalue weighted by Gasteiger charge is -2.39. The number of amides is 1. The van der Waals surface area contributed by atoms with Gasteiger partial charge in [-0.25, -0.2) is 4.79 Å². The fourth-order valence-corrected chi connectivity index (χ4v) is 5.26. The molecule has 11 heteroatoms. The largest absolute Gasteiger partial charge is 0.480 e. The van der Waals surface area contributed by atoms with Crippen molar-refractivity contribution in [2.45, 2.75) is 58.1 Å². The second kappa shape index (κ2) is 12.9. The van der Waals surface area contributed by atoms with Crippen molar-refractivity contribution in [3.05, 3.63) is 42.6 Å². The van der Waals surface area contributed by atoms with Crippen molar-refractivity contribution in [2.75, 3.05) is 45.5 Å². The summed E-state index contributed by atoms with van der Waals surface area (Å²) in [6, 6.07) is 11.9. The average molecular weight is 577 g/mol. The molecule has 2 aromatic heterocycles. The maximum absolute atomic E-state index is 13.0. The van der Waals surface area contributed by atoms with E-state index in [9.17, 15) is 4.79 Å². The number of nitrogens with zero attached hydrogens (tertiary/aromatic N) is 6. The predicted octanol–water partition coefficient (Wildman–Crippen LogP) is 5.21. The Hall–Kier alpha value is -3.99. The van der Waals surface area contributed by atoms with Gasteiger partial charge in [0.1, 0.15) is 11.4 Å². The van der Waals surface area contributed by atoms with Crippen molar-refractivity contribution in [3.63, 3.8) is 0 Å². The van der Waals surface area contributed by atoms with Crippen LogP contribution in [-0.2, 0) is 9.47 Å². The fourth-order valence-electron chi connectivity index (χ4n) is 5.26. The topological polar surface area (TPSA) is 112 Å². The first kappa shape index (κ1) is 29.5. The Labute approximate surface area is 247 Å². The summed E-state index contributed by atoms with van der Waals surface area (Å²) in [7, 11) is 3.14. The van der Waals surface area contributed by atoms with Crippen LogP contribution in [0.1, 0.15) is 46.5 Å². The third-order valence-electron chi connectivity index (χ3n) is 7.62. The molecule has 3 aromatic rings. The molecule has 2 aliphatic rings. The summed E-state index contributed by atoms with van der Waals surface area (Å²) in [5.74, 6) is 2.22. The molecule has 0 spiro atoms. The molecule has 1 amide bonds. The van der Waals surface area contributed by atoms with Gasteiger partial charge in [0.25, 0.3) is 0 Å². The highest BCUT2D eigenvalue weighted by Gasteiger charge is 2.35. The van der Waals surface area contributed by atoms with Crippen LogP contribution in [0.2, 0.25) is 0 Å². The summed E-state index contributed by atoms with van der Waals surface area (Å²) in [4.78, 5) is 17.2. The Morgan fingerprint density at radius 1 is 1.02 bits per heavy atom. The minimum atomic E-state index is -0.503. The number of benzene rings is 1. The number of anilines is 1. The highest BCUT2D eigenvalue weighted by Crippen LogP contribution is 2.35. The Morgan fingerprint density at radius 2 is 1.86 bits per heavy atom. The number of hydrogen-bond donors (Lipinski definition) is 0. The van der Waals surface area contributed by atoms with Gasteiger partial charge in [-0.05, 0) is 82.2 Å². The smallest absolute Gasteiger partial charge is 0.410 e. The normalized spacial score (nSPS) is 17.1. The highest BCUT2D eigenvalue weighted by molar-refractivity contribution is 5.75. The molecule has 1 aromatic carbocycles. The number of rotatable bonds is 10. The van der Waals surface area contributed by atoms with Crippen molar-refractivity contribution >= 4 is 11.9 Å².